The molecule has 0 heterocycles. The fourth-order valence-electron chi connectivity index (χ4n) is 2.32. The van der Waals surface area contributed by atoms with E-state index in [-0.39, 0.29) is 22.6 Å². The van der Waals surface area contributed by atoms with Crippen molar-refractivity contribution in [2.75, 3.05) is 0 Å². The highest BCUT2D eigenvalue weighted by Gasteiger charge is 2.49. The molecule has 7 nitrogen and oxygen atoms in total. The molecule has 1 atom stereocenters. The molecular formula is C22H23O7P. The molecule has 0 saturated carbocycles. The molecule has 30 heavy (non-hydrogen) atoms. The number of hydrogen-bond acceptors (Lipinski definition) is 7. The van der Waals surface area contributed by atoms with E-state index in [0.717, 1.165) is 0 Å². The summed E-state index contributed by atoms with van der Waals surface area (Å²) in [7, 11) is -4.66. The number of hydrogen-bond donors (Lipinski definition) is 1. The number of benzene rings is 2. The van der Waals surface area contributed by atoms with E-state index in [9.17, 15) is 19.3 Å². The van der Waals surface area contributed by atoms with Crippen molar-refractivity contribution < 1.29 is 32.8 Å². The Hall–Kier alpha value is -2.99. The fraction of sp³-hybridized carbons (Fsp3) is 0.182. The van der Waals surface area contributed by atoms with Crippen LogP contribution in [0.5, 0.6) is 11.5 Å². The van der Waals surface area contributed by atoms with Gasteiger partial charge in [-0.3, -0.25) is 9.59 Å². The molecule has 2 aromatic carbocycles. The molecule has 2 rings (SSSR count). The highest BCUT2D eigenvalue weighted by Crippen LogP contribution is 2.53. The van der Waals surface area contributed by atoms with E-state index in [1.54, 1.807) is 36.4 Å². The van der Waals surface area contributed by atoms with Crippen LogP contribution < -0.4 is 9.05 Å². The topological polar surface area (TPSA) is 99.1 Å². The lowest BCUT2D eigenvalue weighted by atomic mass is 9.98. The molecule has 0 saturated heterocycles. The lowest BCUT2D eigenvalue weighted by molar-refractivity contribution is -0.176. The number of carbonyl (C=O) groups is 2. The Morgan fingerprint density at radius 1 is 0.900 bits per heavy atom. The van der Waals surface area contributed by atoms with E-state index in [1.165, 1.54) is 38.1 Å². The molecule has 1 N–H and O–H groups in total. The van der Waals surface area contributed by atoms with Gasteiger partial charge in [-0.2, -0.15) is 0 Å². The SMILES string of the molecule is C=C(C)C(=O)CC(O)(OP(=O)(Oc1ccccc1)Oc1ccccc1)C(=O)C(=C)C. The molecule has 0 amide bonds. The molecule has 2 aromatic rings. The lowest BCUT2D eigenvalue weighted by Gasteiger charge is -2.29. The van der Waals surface area contributed by atoms with Crippen LogP contribution in [-0.2, 0) is 18.7 Å². The van der Waals surface area contributed by atoms with Crippen LogP contribution in [0.2, 0.25) is 0 Å². The van der Waals surface area contributed by atoms with Gasteiger partial charge in [0.05, 0.1) is 6.42 Å². The number of aliphatic hydroxyl groups is 1. The summed E-state index contributed by atoms with van der Waals surface area (Å²) in [4.78, 5) is 24.8. The highest BCUT2D eigenvalue weighted by atomic mass is 31.2. The van der Waals surface area contributed by atoms with Crippen LogP contribution in [0.1, 0.15) is 20.3 Å². The molecular weight excluding hydrogens is 407 g/mol. The average molecular weight is 430 g/mol. The van der Waals surface area contributed by atoms with Crippen LogP contribution in [0, 0.1) is 0 Å². The minimum Gasteiger partial charge on any atom is -0.395 e. The Kier molecular flexibility index (Phi) is 7.51. The van der Waals surface area contributed by atoms with Crippen LogP contribution >= 0.6 is 7.82 Å². The Morgan fingerprint density at radius 3 is 1.70 bits per heavy atom. The Morgan fingerprint density at radius 2 is 1.33 bits per heavy atom. The first-order chi connectivity index (χ1) is 14.0. The van der Waals surface area contributed by atoms with E-state index in [1.807, 2.05) is 0 Å². The van der Waals surface area contributed by atoms with Gasteiger partial charge in [-0.1, -0.05) is 49.6 Å². The summed E-state index contributed by atoms with van der Waals surface area (Å²) in [6, 6.07) is 15.9. The smallest absolute Gasteiger partial charge is 0.395 e. The minimum absolute atomic E-state index is 0.0781. The lowest BCUT2D eigenvalue weighted by Crippen LogP contribution is -2.44. The second kappa shape index (κ2) is 9.67. The number of Topliss-reactive ketones (excluding diaryl/α,β-unsaturated/α-hetero) is 2. The van der Waals surface area contributed by atoms with Gasteiger partial charge in [0.2, 0.25) is 5.78 Å². The minimum atomic E-state index is -4.66. The van der Waals surface area contributed by atoms with Crippen molar-refractivity contribution >= 4 is 19.4 Å². The molecule has 0 spiro atoms. The van der Waals surface area contributed by atoms with Gasteiger partial charge in [0.25, 0.3) is 5.79 Å². The van der Waals surface area contributed by atoms with E-state index >= 15 is 0 Å². The Balaban J connectivity index is 2.46. The van der Waals surface area contributed by atoms with Gasteiger partial charge < -0.3 is 14.2 Å². The van der Waals surface area contributed by atoms with Gasteiger partial charge >= 0.3 is 7.82 Å². The molecule has 0 aliphatic carbocycles. The Labute approximate surface area is 175 Å². The van der Waals surface area contributed by atoms with Crippen LogP contribution in [0.3, 0.4) is 0 Å². The van der Waals surface area contributed by atoms with Gasteiger partial charge in [0.15, 0.2) is 5.78 Å². The van der Waals surface area contributed by atoms with Crippen molar-refractivity contribution in [1.29, 1.82) is 0 Å². The van der Waals surface area contributed by atoms with Crippen LogP contribution in [0.15, 0.2) is 85.0 Å². The summed E-state index contributed by atoms with van der Waals surface area (Å²) in [5, 5.41) is 10.9. The quantitative estimate of drug-likeness (QED) is 0.315. The van der Waals surface area contributed by atoms with Gasteiger partial charge in [-0.15, -0.1) is 0 Å². The normalized spacial score (nSPS) is 13.0. The van der Waals surface area contributed by atoms with Crippen molar-refractivity contribution in [3.63, 3.8) is 0 Å². The van der Waals surface area contributed by atoms with E-state index in [4.69, 9.17) is 13.6 Å². The molecule has 0 radical (unpaired) electrons. The number of phosphoric ester groups is 1. The number of rotatable bonds is 11. The number of allylic oxidation sites excluding steroid dienone is 1. The number of ketones is 2. The molecule has 0 bridgehead atoms. The summed E-state index contributed by atoms with van der Waals surface area (Å²) in [5.74, 6) is -4.33. The third-order valence-electron chi connectivity index (χ3n) is 3.80. The zero-order valence-corrected chi connectivity index (χ0v) is 17.6. The summed E-state index contributed by atoms with van der Waals surface area (Å²) >= 11 is 0. The molecule has 8 heteroatoms. The first-order valence-electron chi connectivity index (χ1n) is 8.96. The average Bonchev–Trinajstić information content (AvgIpc) is 2.68. The predicted octanol–water partition coefficient (Wildman–Crippen LogP) is 4.64. The maximum absolute atomic E-state index is 13.5. The molecule has 0 aliphatic rings. The van der Waals surface area contributed by atoms with Crippen molar-refractivity contribution in [1.82, 2.24) is 0 Å². The zero-order chi connectivity index (χ0) is 22.4. The summed E-state index contributed by atoms with van der Waals surface area (Å²) < 4.78 is 29.6. The predicted molar refractivity (Wildman–Crippen MR) is 112 cm³/mol. The second-order valence-electron chi connectivity index (χ2n) is 6.62. The first-order valence-corrected chi connectivity index (χ1v) is 10.4. The van der Waals surface area contributed by atoms with Crippen molar-refractivity contribution in [3.05, 3.63) is 85.0 Å². The fourth-order valence-corrected chi connectivity index (χ4v) is 3.71. The molecule has 0 aromatic heterocycles. The van der Waals surface area contributed by atoms with Gasteiger partial charge in [-0.05, 0) is 49.3 Å². The van der Waals surface area contributed by atoms with Crippen LogP contribution in [0.4, 0.5) is 0 Å². The molecule has 0 fully saturated rings. The molecule has 0 aliphatic heterocycles. The first kappa shape index (κ1) is 23.3. The van der Waals surface area contributed by atoms with E-state index < -0.39 is 31.6 Å². The maximum Gasteiger partial charge on any atom is 0.590 e. The Bertz CT molecular complexity index is 940. The van der Waals surface area contributed by atoms with E-state index in [2.05, 4.69) is 13.2 Å². The highest BCUT2D eigenvalue weighted by molar-refractivity contribution is 7.49. The van der Waals surface area contributed by atoms with E-state index in [0.29, 0.717) is 0 Å². The standard InChI is InChI=1S/C22H23O7P/c1-16(2)20(23)15-22(25,21(24)17(3)4)29-30(26,27-18-11-7-5-8-12-18)28-19-13-9-6-10-14-19/h5-14,25H,1,3,15H2,2,4H3. The maximum atomic E-state index is 13.5. The number of carbonyl (C=O) groups excluding carboxylic acids is 2. The second-order valence-corrected chi connectivity index (χ2v) is 8.06. The van der Waals surface area contributed by atoms with Crippen molar-refractivity contribution in [2.45, 2.75) is 26.1 Å². The van der Waals surface area contributed by atoms with Crippen LogP contribution in [0.25, 0.3) is 0 Å². The molecule has 1 unspecified atom stereocenters. The summed E-state index contributed by atoms with van der Waals surface area (Å²) in [5.41, 5.74) is -0.0349. The van der Waals surface area contributed by atoms with Gasteiger partial charge in [-0.25, -0.2) is 9.09 Å². The summed E-state index contributed by atoms with van der Waals surface area (Å²) in [6.07, 6.45) is -0.839. The molecule has 158 valence electrons. The van der Waals surface area contributed by atoms with Crippen molar-refractivity contribution in [2.24, 2.45) is 0 Å². The third kappa shape index (κ3) is 6.26. The van der Waals surface area contributed by atoms with Gasteiger partial charge in [0.1, 0.15) is 11.5 Å². The third-order valence-corrected chi connectivity index (χ3v) is 5.20. The summed E-state index contributed by atoms with van der Waals surface area (Å²) in [6.45, 7) is 9.70. The van der Waals surface area contributed by atoms with Crippen molar-refractivity contribution in [3.8, 4) is 11.5 Å². The van der Waals surface area contributed by atoms with Crippen LogP contribution in [-0.4, -0.2) is 22.5 Å². The zero-order valence-electron chi connectivity index (χ0n) is 16.7. The number of phosphoric acid groups is 1. The number of para-hydroxylation sites is 2. The largest absolute Gasteiger partial charge is 0.590 e. The monoisotopic (exact) mass is 430 g/mol. The van der Waals surface area contributed by atoms with Gasteiger partial charge in [0, 0.05) is 0 Å².